The number of carbonyl (C=O) groups is 1. The van der Waals surface area contributed by atoms with Gasteiger partial charge in [-0.05, 0) is 50.5 Å². The van der Waals surface area contributed by atoms with Gasteiger partial charge in [0.05, 0.1) is 23.1 Å². The van der Waals surface area contributed by atoms with Crippen molar-refractivity contribution in [3.63, 3.8) is 0 Å². The normalized spacial score (nSPS) is 13.1. The van der Waals surface area contributed by atoms with Crippen molar-refractivity contribution >= 4 is 17.1 Å². The van der Waals surface area contributed by atoms with Gasteiger partial charge in [0, 0.05) is 13.6 Å². The van der Waals surface area contributed by atoms with Crippen molar-refractivity contribution in [2.24, 2.45) is 0 Å². The van der Waals surface area contributed by atoms with Gasteiger partial charge in [-0.1, -0.05) is 71.8 Å². The largest absolute Gasteiger partial charge is 0.465 e. The lowest BCUT2D eigenvalue weighted by Crippen LogP contribution is -2.37. The van der Waals surface area contributed by atoms with Gasteiger partial charge in [-0.25, -0.2) is 4.79 Å². The Labute approximate surface area is 200 Å². The Morgan fingerprint density at radius 2 is 1.44 bits per heavy atom. The zero-order chi connectivity index (χ0) is 24.4. The molecule has 2 atom stereocenters. The molecule has 34 heavy (non-hydrogen) atoms. The summed E-state index contributed by atoms with van der Waals surface area (Å²) in [5.41, 5.74) is 6.89. The lowest BCUT2D eigenvalue weighted by molar-refractivity contribution is 0.149. The van der Waals surface area contributed by atoms with Gasteiger partial charge in [-0.3, -0.25) is 5.41 Å². The maximum Gasteiger partial charge on any atom is 0.407 e. The minimum Gasteiger partial charge on any atom is -0.465 e. The molecule has 4 aromatic rings. The molecule has 0 aliphatic rings. The molecule has 0 aliphatic carbocycles. The van der Waals surface area contributed by atoms with Crippen LogP contribution in [0.25, 0.3) is 11.0 Å². The number of aryl methyl sites for hydroxylation is 2. The fraction of sp³-hybridized carbons (Fsp3) is 0.286. The molecule has 1 heterocycles. The number of benzene rings is 3. The van der Waals surface area contributed by atoms with Crippen LogP contribution in [0.3, 0.4) is 0 Å². The fourth-order valence-electron chi connectivity index (χ4n) is 4.60. The zero-order valence-corrected chi connectivity index (χ0v) is 20.2. The number of amides is 1. The summed E-state index contributed by atoms with van der Waals surface area (Å²) in [5.74, 6) is 0. The van der Waals surface area contributed by atoms with Gasteiger partial charge in [0.25, 0.3) is 0 Å². The predicted octanol–water partition coefficient (Wildman–Crippen LogP) is 5.54. The Hall–Kier alpha value is -3.80. The van der Waals surface area contributed by atoms with Crippen LogP contribution in [0.5, 0.6) is 0 Å². The van der Waals surface area contributed by atoms with Crippen molar-refractivity contribution in [1.82, 2.24) is 14.0 Å². The van der Waals surface area contributed by atoms with Crippen molar-refractivity contribution in [3.05, 3.63) is 101 Å². The van der Waals surface area contributed by atoms with Crippen LogP contribution in [-0.2, 0) is 6.42 Å². The molecule has 0 aliphatic heterocycles. The SMILES string of the molecule is Cc1ccc(C[C@@H](CN(C)C(=O)O)n2c(=N)n(C(C)c3ccc(C)cc3)c3ccccc32)cc1. The molecule has 2 N–H and O–H groups in total. The number of hydrogen-bond acceptors (Lipinski definition) is 2. The third-order valence-electron chi connectivity index (χ3n) is 6.57. The molecule has 0 saturated carbocycles. The van der Waals surface area contributed by atoms with Gasteiger partial charge < -0.3 is 19.1 Å². The van der Waals surface area contributed by atoms with Crippen LogP contribution in [0.2, 0.25) is 0 Å². The summed E-state index contributed by atoms with van der Waals surface area (Å²) in [6.07, 6.45) is -0.348. The summed E-state index contributed by atoms with van der Waals surface area (Å²) in [7, 11) is 1.59. The van der Waals surface area contributed by atoms with Crippen LogP contribution in [0.15, 0.2) is 72.8 Å². The minimum absolute atomic E-state index is 0.0449. The standard InChI is InChI=1S/C28H32N4O2/c1-19-9-13-22(14-10-19)17-24(18-30(4)28(33)34)32-26-8-6-5-7-25(26)31(27(32)29)21(3)23-15-11-20(2)12-16-23/h5-16,21,24,29H,17-18H2,1-4H3,(H,33,34)/t21?,24-/m0/s1. The highest BCUT2D eigenvalue weighted by molar-refractivity contribution is 5.76. The van der Waals surface area contributed by atoms with Gasteiger partial charge in [0.15, 0.2) is 0 Å². The smallest absolute Gasteiger partial charge is 0.407 e. The third-order valence-corrected chi connectivity index (χ3v) is 6.57. The van der Waals surface area contributed by atoms with E-state index in [9.17, 15) is 15.3 Å². The summed E-state index contributed by atoms with van der Waals surface area (Å²) >= 11 is 0. The summed E-state index contributed by atoms with van der Waals surface area (Å²) < 4.78 is 4.04. The highest BCUT2D eigenvalue weighted by Gasteiger charge is 2.24. The Kier molecular flexibility index (Phi) is 6.59. The minimum atomic E-state index is -0.974. The Bertz CT molecular complexity index is 1350. The Morgan fingerprint density at radius 3 is 2.00 bits per heavy atom. The quantitative estimate of drug-likeness (QED) is 0.383. The van der Waals surface area contributed by atoms with Crippen LogP contribution >= 0.6 is 0 Å². The first-order valence-electron chi connectivity index (χ1n) is 11.6. The van der Waals surface area contributed by atoms with Gasteiger partial charge in [-0.15, -0.1) is 0 Å². The topological polar surface area (TPSA) is 74.2 Å². The van der Waals surface area contributed by atoms with Crippen molar-refractivity contribution in [2.45, 2.75) is 39.3 Å². The van der Waals surface area contributed by atoms with Crippen LogP contribution in [0.1, 0.15) is 41.3 Å². The van der Waals surface area contributed by atoms with Crippen LogP contribution in [-0.4, -0.2) is 38.8 Å². The molecule has 0 radical (unpaired) electrons. The summed E-state index contributed by atoms with van der Waals surface area (Å²) in [4.78, 5) is 13.0. The second kappa shape index (κ2) is 9.59. The van der Waals surface area contributed by atoms with E-state index in [1.54, 1.807) is 7.05 Å². The third kappa shape index (κ3) is 4.62. The van der Waals surface area contributed by atoms with Gasteiger partial charge in [0.2, 0.25) is 5.62 Å². The number of para-hydroxylation sites is 2. The van der Waals surface area contributed by atoms with Crippen LogP contribution in [0.4, 0.5) is 4.79 Å². The average molecular weight is 457 g/mol. The highest BCUT2D eigenvalue weighted by atomic mass is 16.4. The van der Waals surface area contributed by atoms with Gasteiger partial charge >= 0.3 is 6.09 Å². The molecule has 1 unspecified atom stereocenters. The molecule has 6 nitrogen and oxygen atoms in total. The van der Waals surface area contributed by atoms with E-state index in [1.807, 2.05) is 33.4 Å². The number of fused-ring (bicyclic) bond motifs is 1. The maximum atomic E-state index is 11.7. The molecule has 1 aromatic heterocycles. The second-order valence-corrected chi connectivity index (χ2v) is 9.15. The lowest BCUT2D eigenvalue weighted by Gasteiger charge is -2.25. The van der Waals surface area contributed by atoms with Gasteiger partial charge in [0.1, 0.15) is 0 Å². The maximum absolute atomic E-state index is 11.7. The number of imidazole rings is 1. The van der Waals surface area contributed by atoms with E-state index in [0.717, 1.165) is 22.2 Å². The zero-order valence-electron chi connectivity index (χ0n) is 20.2. The lowest BCUT2D eigenvalue weighted by atomic mass is 10.0. The molecule has 0 saturated heterocycles. The first-order valence-corrected chi connectivity index (χ1v) is 11.6. The molecule has 0 bridgehead atoms. The van der Waals surface area contributed by atoms with Crippen molar-refractivity contribution in [1.29, 1.82) is 5.41 Å². The van der Waals surface area contributed by atoms with E-state index >= 15 is 0 Å². The summed E-state index contributed by atoms with van der Waals surface area (Å²) in [6, 6.07) is 24.5. The molecule has 0 fully saturated rings. The highest BCUT2D eigenvalue weighted by Crippen LogP contribution is 2.26. The van der Waals surface area contributed by atoms with Crippen molar-refractivity contribution < 1.29 is 9.90 Å². The Morgan fingerprint density at radius 1 is 0.912 bits per heavy atom. The average Bonchev–Trinajstić information content (AvgIpc) is 3.11. The van der Waals surface area contributed by atoms with Crippen LogP contribution in [0, 0.1) is 19.3 Å². The van der Waals surface area contributed by atoms with E-state index in [2.05, 4.69) is 69.3 Å². The van der Waals surface area contributed by atoms with E-state index < -0.39 is 6.09 Å². The van der Waals surface area contributed by atoms with E-state index in [-0.39, 0.29) is 18.6 Å². The molecule has 176 valence electrons. The first-order chi connectivity index (χ1) is 16.3. The summed E-state index contributed by atoms with van der Waals surface area (Å²) in [6.45, 7) is 6.51. The van der Waals surface area contributed by atoms with Crippen molar-refractivity contribution in [3.8, 4) is 0 Å². The molecule has 0 spiro atoms. The molecule has 4 rings (SSSR count). The van der Waals surface area contributed by atoms with E-state index in [1.165, 1.54) is 16.0 Å². The molecule has 1 amide bonds. The van der Waals surface area contributed by atoms with E-state index in [0.29, 0.717) is 12.0 Å². The first kappa shape index (κ1) is 23.4. The number of hydrogen-bond donors (Lipinski definition) is 2. The number of aromatic nitrogens is 2. The number of likely N-dealkylation sites (N-methyl/N-ethyl adjacent to an activating group) is 1. The monoisotopic (exact) mass is 456 g/mol. The Balaban J connectivity index is 1.86. The van der Waals surface area contributed by atoms with Crippen LogP contribution < -0.4 is 5.62 Å². The number of carboxylic acid groups (broad SMARTS) is 1. The van der Waals surface area contributed by atoms with Crippen molar-refractivity contribution in [2.75, 3.05) is 13.6 Å². The van der Waals surface area contributed by atoms with E-state index in [4.69, 9.17) is 0 Å². The van der Waals surface area contributed by atoms with Gasteiger partial charge in [-0.2, -0.15) is 0 Å². The predicted molar refractivity (Wildman–Crippen MR) is 135 cm³/mol. The number of nitrogens with one attached hydrogen (secondary N) is 1. The molecular weight excluding hydrogens is 424 g/mol. The second-order valence-electron chi connectivity index (χ2n) is 9.15. The molecular formula is C28H32N4O2. The molecule has 3 aromatic carbocycles. The number of rotatable bonds is 7. The fourth-order valence-corrected chi connectivity index (χ4v) is 4.60. The number of nitrogens with zero attached hydrogens (tertiary/aromatic N) is 3. The molecule has 6 heteroatoms. The summed E-state index contributed by atoms with van der Waals surface area (Å²) in [5, 5.41) is 18.8.